The molecule has 1 heterocycles. The molecule has 2 nitrogen and oxygen atoms in total. The molecule has 0 bridgehead atoms. The molecule has 0 saturated carbocycles. The number of pyridine rings is 1. The topological polar surface area (TPSA) is 33.1 Å². The third kappa shape index (κ3) is 2.05. The van der Waals surface area contributed by atoms with Crippen LogP contribution in [0.1, 0.15) is 30.2 Å². The van der Waals surface area contributed by atoms with E-state index < -0.39 is 0 Å². The summed E-state index contributed by atoms with van der Waals surface area (Å²) in [6.45, 7) is 4.17. The maximum atomic E-state index is 8.88. The zero-order chi connectivity index (χ0) is 8.97. The average molecular weight is 165 g/mol. The molecule has 0 amide bonds. The molecule has 12 heavy (non-hydrogen) atoms. The van der Waals surface area contributed by atoms with Crippen LogP contribution >= 0.6 is 0 Å². The molecule has 1 N–H and O–H groups in total. The van der Waals surface area contributed by atoms with E-state index in [0.29, 0.717) is 0 Å². The van der Waals surface area contributed by atoms with E-state index in [9.17, 15) is 0 Å². The van der Waals surface area contributed by atoms with Gasteiger partial charge in [-0.05, 0) is 24.5 Å². The molecule has 0 fully saturated rings. The minimum absolute atomic E-state index is 0.0399. The van der Waals surface area contributed by atoms with Crippen LogP contribution in [0.4, 0.5) is 0 Å². The normalized spacial score (nSPS) is 10.2. The Kier molecular flexibility index (Phi) is 3.23. The van der Waals surface area contributed by atoms with Crippen molar-refractivity contribution in [2.75, 3.05) is 0 Å². The number of hydrogen-bond acceptors (Lipinski definition) is 2. The van der Waals surface area contributed by atoms with Crippen LogP contribution in [0.5, 0.6) is 0 Å². The summed E-state index contributed by atoms with van der Waals surface area (Å²) in [5.74, 6) is 0. The van der Waals surface area contributed by atoms with Gasteiger partial charge in [0.15, 0.2) is 0 Å². The SMILES string of the molecule is CCCc1cnc(CO)c(C)c1. The van der Waals surface area contributed by atoms with Crippen LogP contribution in [0.2, 0.25) is 0 Å². The van der Waals surface area contributed by atoms with Gasteiger partial charge in [-0.1, -0.05) is 19.4 Å². The van der Waals surface area contributed by atoms with E-state index >= 15 is 0 Å². The van der Waals surface area contributed by atoms with Crippen molar-refractivity contribution in [1.29, 1.82) is 0 Å². The molecule has 66 valence electrons. The predicted octanol–water partition coefficient (Wildman–Crippen LogP) is 1.83. The van der Waals surface area contributed by atoms with Crippen LogP contribution in [0, 0.1) is 6.92 Å². The smallest absolute Gasteiger partial charge is 0.0855 e. The van der Waals surface area contributed by atoms with Crippen LogP contribution in [0.25, 0.3) is 0 Å². The molecule has 0 aliphatic rings. The lowest BCUT2D eigenvalue weighted by Gasteiger charge is -2.03. The highest BCUT2D eigenvalue weighted by Crippen LogP contribution is 2.08. The van der Waals surface area contributed by atoms with Gasteiger partial charge in [-0.2, -0.15) is 0 Å². The van der Waals surface area contributed by atoms with Crippen LogP contribution in [0.3, 0.4) is 0 Å². The minimum atomic E-state index is 0.0399. The molecule has 0 spiro atoms. The number of aryl methyl sites for hydroxylation is 2. The number of aliphatic hydroxyl groups is 1. The van der Waals surface area contributed by atoms with Gasteiger partial charge in [-0.25, -0.2) is 0 Å². The summed E-state index contributed by atoms with van der Waals surface area (Å²) in [6, 6.07) is 2.10. The Morgan fingerprint density at radius 3 is 2.75 bits per heavy atom. The molecule has 0 atom stereocenters. The standard InChI is InChI=1S/C10H15NO/c1-3-4-9-5-8(2)10(7-12)11-6-9/h5-6,12H,3-4,7H2,1-2H3. The van der Waals surface area contributed by atoms with Gasteiger partial charge in [-0.3, -0.25) is 4.98 Å². The Labute approximate surface area is 73.3 Å². The molecule has 1 aromatic heterocycles. The first-order chi connectivity index (χ1) is 5.77. The lowest BCUT2D eigenvalue weighted by atomic mass is 10.1. The first-order valence-electron chi connectivity index (χ1n) is 4.33. The summed E-state index contributed by atoms with van der Waals surface area (Å²) in [7, 11) is 0. The fourth-order valence-corrected chi connectivity index (χ4v) is 1.25. The van der Waals surface area contributed by atoms with Crippen molar-refractivity contribution in [3.05, 3.63) is 29.1 Å². The minimum Gasteiger partial charge on any atom is -0.390 e. The summed E-state index contributed by atoms with van der Waals surface area (Å²) < 4.78 is 0. The molecule has 0 unspecified atom stereocenters. The Balaban J connectivity index is 2.86. The molecule has 0 aliphatic heterocycles. The van der Waals surface area contributed by atoms with E-state index in [-0.39, 0.29) is 6.61 Å². The zero-order valence-electron chi connectivity index (χ0n) is 7.67. The summed E-state index contributed by atoms with van der Waals surface area (Å²) in [4.78, 5) is 4.17. The zero-order valence-corrected chi connectivity index (χ0v) is 7.67. The van der Waals surface area contributed by atoms with E-state index in [4.69, 9.17) is 5.11 Å². The Morgan fingerprint density at radius 2 is 2.25 bits per heavy atom. The van der Waals surface area contributed by atoms with Crippen LogP contribution in [-0.2, 0) is 13.0 Å². The highest BCUT2D eigenvalue weighted by molar-refractivity contribution is 5.23. The van der Waals surface area contributed by atoms with E-state index in [2.05, 4.69) is 18.0 Å². The van der Waals surface area contributed by atoms with Gasteiger partial charge in [0.05, 0.1) is 12.3 Å². The number of nitrogens with zero attached hydrogens (tertiary/aromatic N) is 1. The molecule has 2 heteroatoms. The lowest BCUT2D eigenvalue weighted by molar-refractivity contribution is 0.276. The molecule has 1 rings (SSSR count). The second kappa shape index (κ2) is 4.21. The van der Waals surface area contributed by atoms with E-state index in [0.717, 1.165) is 24.1 Å². The average Bonchev–Trinajstić information content (AvgIpc) is 2.05. The van der Waals surface area contributed by atoms with Gasteiger partial charge in [0.2, 0.25) is 0 Å². The fraction of sp³-hybridized carbons (Fsp3) is 0.500. The summed E-state index contributed by atoms with van der Waals surface area (Å²) >= 11 is 0. The largest absolute Gasteiger partial charge is 0.390 e. The van der Waals surface area contributed by atoms with Crippen molar-refractivity contribution >= 4 is 0 Å². The maximum absolute atomic E-state index is 8.88. The maximum Gasteiger partial charge on any atom is 0.0855 e. The molecular weight excluding hydrogens is 150 g/mol. The Hall–Kier alpha value is -0.890. The van der Waals surface area contributed by atoms with Crippen molar-refractivity contribution in [2.45, 2.75) is 33.3 Å². The fourth-order valence-electron chi connectivity index (χ4n) is 1.25. The summed E-state index contributed by atoms with van der Waals surface area (Å²) in [6.07, 6.45) is 4.06. The van der Waals surface area contributed by atoms with Gasteiger partial charge in [0.1, 0.15) is 0 Å². The second-order valence-electron chi connectivity index (χ2n) is 3.02. The van der Waals surface area contributed by atoms with Gasteiger partial charge in [-0.15, -0.1) is 0 Å². The lowest BCUT2D eigenvalue weighted by Crippen LogP contribution is -1.95. The van der Waals surface area contributed by atoms with Gasteiger partial charge < -0.3 is 5.11 Å². The Morgan fingerprint density at radius 1 is 1.50 bits per heavy atom. The predicted molar refractivity (Wildman–Crippen MR) is 48.9 cm³/mol. The van der Waals surface area contributed by atoms with Crippen LogP contribution in [-0.4, -0.2) is 10.1 Å². The van der Waals surface area contributed by atoms with Crippen molar-refractivity contribution in [2.24, 2.45) is 0 Å². The summed E-state index contributed by atoms with van der Waals surface area (Å²) in [5, 5.41) is 8.88. The number of aliphatic hydroxyl groups excluding tert-OH is 1. The molecule has 0 saturated heterocycles. The number of aromatic nitrogens is 1. The third-order valence-electron chi connectivity index (χ3n) is 1.93. The molecule has 0 aromatic carbocycles. The van der Waals surface area contributed by atoms with Crippen molar-refractivity contribution in [3.63, 3.8) is 0 Å². The van der Waals surface area contributed by atoms with Crippen molar-refractivity contribution in [3.8, 4) is 0 Å². The van der Waals surface area contributed by atoms with Gasteiger partial charge >= 0.3 is 0 Å². The Bertz CT molecular complexity index is 258. The molecule has 0 radical (unpaired) electrons. The number of rotatable bonds is 3. The first-order valence-corrected chi connectivity index (χ1v) is 4.33. The van der Waals surface area contributed by atoms with Crippen LogP contribution in [0.15, 0.2) is 12.3 Å². The van der Waals surface area contributed by atoms with Crippen molar-refractivity contribution in [1.82, 2.24) is 4.98 Å². The molecular formula is C10H15NO. The van der Waals surface area contributed by atoms with E-state index in [1.807, 2.05) is 13.1 Å². The van der Waals surface area contributed by atoms with Crippen LogP contribution < -0.4 is 0 Å². The summed E-state index contributed by atoms with van der Waals surface area (Å²) in [5.41, 5.74) is 3.13. The molecule has 0 aliphatic carbocycles. The highest BCUT2D eigenvalue weighted by Gasteiger charge is 1.99. The second-order valence-corrected chi connectivity index (χ2v) is 3.02. The van der Waals surface area contributed by atoms with E-state index in [1.54, 1.807) is 0 Å². The van der Waals surface area contributed by atoms with E-state index in [1.165, 1.54) is 5.56 Å². The van der Waals surface area contributed by atoms with Gasteiger partial charge in [0.25, 0.3) is 0 Å². The highest BCUT2D eigenvalue weighted by atomic mass is 16.3. The number of hydrogen-bond donors (Lipinski definition) is 1. The third-order valence-corrected chi connectivity index (χ3v) is 1.93. The van der Waals surface area contributed by atoms with Gasteiger partial charge in [0, 0.05) is 6.20 Å². The monoisotopic (exact) mass is 165 g/mol. The molecule has 1 aromatic rings. The quantitative estimate of drug-likeness (QED) is 0.741. The van der Waals surface area contributed by atoms with Crippen molar-refractivity contribution < 1.29 is 5.11 Å². The first kappa shape index (κ1) is 9.20.